The van der Waals surface area contributed by atoms with Crippen molar-refractivity contribution in [3.63, 3.8) is 0 Å². The van der Waals surface area contributed by atoms with Gasteiger partial charge >= 0.3 is 0 Å². The van der Waals surface area contributed by atoms with E-state index in [2.05, 4.69) is 15.6 Å². The van der Waals surface area contributed by atoms with Gasteiger partial charge < -0.3 is 15.0 Å². The van der Waals surface area contributed by atoms with E-state index in [-0.39, 0.29) is 17.6 Å². The van der Waals surface area contributed by atoms with E-state index in [4.69, 9.17) is 0 Å². The SMILES string of the molecule is O=C(NC1CCCNC1=O)c1ccc2nc(-c3ccc(F)cc3)cn2c1. The Morgan fingerprint density at radius 2 is 2.00 bits per heavy atom. The largest absolute Gasteiger partial charge is 0.354 e. The number of aromatic nitrogens is 2. The molecule has 0 radical (unpaired) electrons. The van der Waals surface area contributed by atoms with Crippen LogP contribution in [0.5, 0.6) is 0 Å². The number of carbonyl (C=O) groups excluding carboxylic acids is 2. The number of piperidine rings is 1. The van der Waals surface area contributed by atoms with Gasteiger partial charge in [-0.1, -0.05) is 0 Å². The van der Waals surface area contributed by atoms with Crippen molar-refractivity contribution in [3.8, 4) is 11.3 Å². The summed E-state index contributed by atoms with van der Waals surface area (Å²) in [6, 6.07) is 9.00. The molecule has 7 heteroatoms. The maximum Gasteiger partial charge on any atom is 0.253 e. The van der Waals surface area contributed by atoms with E-state index in [0.29, 0.717) is 29.9 Å². The number of pyridine rings is 1. The Hall–Kier alpha value is -3.22. The van der Waals surface area contributed by atoms with Crippen LogP contribution in [0.1, 0.15) is 23.2 Å². The summed E-state index contributed by atoms with van der Waals surface area (Å²) in [6.45, 7) is 0.651. The Bertz CT molecular complexity index is 981. The van der Waals surface area contributed by atoms with Crippen molar-refractivity contribution in [2.75, 3.05) is 6.54 Å². The van der Waals surface area contributed by atoms with E-state index in [1.54, 1.807) is 41.1 Å². The van der Waals surface area contributed by atoms with Crippen molar-refractivity contribution < 1.29 is 14.0 Å². The fraction of sp³-hybridized carbons (Fsp3) is 0.211. The van der Waals surface area contributed by atoms with E-state index < -0.39 is 6.04 Å². The first-order valence-electron chi connectivity index (χ1n) is 8.43. The van der Waals surface area contributed by atoms with Crippen LogP contribution >= 0.6 is 0 Å². The topological polar surface area (TPSA) is 75.5 Å². The quantitative estimate of drug-likeness (QED) is 0.758. The normalized spacial score (nSPS) is 17.1. The molecular formula is C19H17FN4O2. The molecule has 6 nitrogen and oxygen atoms in total. The molecule has 2 N–H and O–H groups in total. The molecule has 1 aliphatic heterocycles. The highest BCUT2D eigenvalue weighted by Crippen LogP contribution is 2.20. The van der Waals surface area contributed by atoms with E-state index >= 15 is 0 Å². The predicted octanol–water partition coefficient (Wildman–Crippen LogP) is 2.15. The average molecular weight is 352 g/mol. The zero-order valence-electron chi connectivity index (χ0n) is 13.9. The van der Waals surface area contributed by atoms with Crippen LogP contribution in [0, 0.1) is 5.82 Å². The molecule has 1 atom stereocenters. The zero-order valence-corrected chi connectivity index (χ0v) is 13.9. The molecule has 1 unspecified atom stereocenters. The lowest BCUT2D eigenvalue weighted by molar-refractivity contribution is -0.124. The van der Waals surface area contributed by atoms with Crippen LogP contribution in [0.2, 0.25) is 0 Å². The minimum atomic E-state index is -0.496. The molecule has 132 valence electrons. The molecular weight excluding hydrogens is 335 g/mol. The molecule has 1 aliphatic rings. The maximum absolute atomic E-state index is 13.1. The van der Waals surface area contributed by atoms with Crippen molar-refractivity contribution in [2.45, 2.75) is 18.9 Å². The van der Waals surface area contributed by atoms with Gasteiger partial charge in [0.15, 0.2) is 0 Å². The molecule has 3 aromatic rings. The maximum atomic E-state index is 13.1. The number of fused-ring (bicyclic) bond motifs is 1. The Morgan fingerprint density at radius 3 is 2.77 bits per heavy atom. The molecule has 0 bridgehead atoms. The van der Waals surface area contributed by atoms with Gasteiger partial charge in [0, 0.05) is 24.5 Å². The molecule has 2 amide bonds. The average Bonchev–Trinajstić information content (AvgIpc) is 3.07. The number of benzene rings is 1. The fourth-order valence-electron chi connectivity index (χ4n) is 3.04. The molecule has 3 heterocycles. The molecule has 0 spiro atoms. The highest BCUT2D eigenvalue weighted by Gasteiger charge is 2.24. The lowest BCUT2D eigenvalue weighted by Gasteiger charge is -2.22. The van der Waals surface area contributed by atoms with Crippen LogP contribution in [-0.4, -0.2) is 33.8 Å². The van der Waals surface area contributed by atoms with Crippen LogP contribution in [-0.2, 0) is 4.79 Å². The molecule has 0 saturated carbocycles. The first kappa shape index (κ1) is 16.3. The molecule has 1 fully saturated rings. The monoisotopic (exact) mass is 352 g/mol. The number of rotatable bonds is 3. The van der Waals surface area contributed by atoms with Crippen LogP contribution in [0.3, 0.4) is 0 Å². The highest BCUT2D eigenvalue weighted by atomic mass is 19.1. The number of hydrogen-bond acceptors (Lipinski definition) is 3. The second-order valence-corrected chi connectivity index (χ2v) is 6.28. The molecule has 4 rings (SSSR count). The smallest absolute Gasteiger partial charge is 0.253 e. The van der Waals surface area contributed by atoms with Crippen molar-refractivity contribution in [2.24, 2.45) is 0 Å². The van der Waals surface area contributed by atoms with E-state index in [1.807, 2.05) is 0 Å². The summed E-state index contributed by atoms with van der Waals surface area (Å²) in [5, 5.41) is 5.52. The zero-order chi connectivity index (χ0) is 18.1. The van der Waals surface area contributed by atoms with Gasteiger partial charge in [-0.3, -0.25) is 9.59 Å². The number of amides is 2. The Morgan fingerprint density at radius 1 is 1.19 bits per heavy atom. The van der Waals surface area contributed by atoms with Gasteiger partial charge in [0.05, 0.1) is 11.3 Å². The Balaban J connectivity index is 1.58. The standard InChI is InChI=1S/C19H17FN4O2/c20-14-6-3-12(4-7-14)16-11-24-10-13(5-8-17(24)22-16)18(25)23-15-2-1-9-21-19(15)26/h3-8,10-11,15H,1-2,9H2,(H,21,26)(H,23,25). The van der Waals surface area contributed by atoms with E-state index in [9.17, 15) is 14.0 Å². The number of imidazole rings is 1. The van der Waals surface area contributed by atoms with E-state index in [1.165, 1.54) is 12.1 Å². The van der Waals surface area contributed by atoms with Crippen LogP contribution in [0.4, 0.5) is 4.39 Å². The van der Waals surface area contributed by atoms with Gasteiger partial charge in [0.1, 0.15) is 17.5 Å². The predicted molar refractivity (Wildman–Crippen MR) is 94.1 cm³/mol. The first-order valence-corrected chi connectivity index (χ1v) is 8.43. The van der Waals surface area contributed by atoms with Gasteiger partial charge in [-0.2, -0.15) is 0 Å². The highest BCUT2D eigenvalue weighted by molar-refractivity contribution is 5.97. The molecule has 2 aromatic heterocycles. The van der Waals surface area contributed by atoms with Gasteiger partial charge in [0.2, 0.25) is 5.91 Å². The second kappa shape index (κ2) is 6.59. The lowest BCUT2D eigenvalue weighted by atomic mass is 10.1. The minimum Gasteiger partial charge on any atom is -0.354 e. The van der Waals surface area contributed by atoms with Crippen molar-refractivity contribution in [1.82, 2.24) is 20.0 Å². The van der Waals surface area contributed by atoms with Crippen LogP contribution < -0.4 is 10.6 Å². The Labute approximate surface area is 149 Å². The number of nitrogens with one attached hydrogen (secondary N) is 2. The summed E-state index contributed by atoms with van der Waals surface area (Å²) in [5.41, 5.74) is 2.60. The molecule has 1 aromatic carbocycles. The summed E-state index contributed by atoms with van der Waals surface area (Å²) in [6.07, 6.45) is 4.94. The van der Waals surface area contributed by atoms with Gasteiger partial charge in [-0.25, -0.2) is 9.37 Å². The minimum absolute atomic E-state index is 0.146. The number of carbonyl (C=O) groups is 2. The first-order chi connectivity index (χ1) is 12.6. The lowest BCUT2D eigenvalue weighted by Crippen LogP contribution is -2.50. The van der Waals surface area contributed by atoms with Crippen molar-refractivity contribution >= 4 is 17.5 Å². The summed E-state index contributed by atoms with van der Waals surface area (Å²) in [4.78, 5) is 28.7. The molecule has 1 saturated heterocycles. The third-order valence-corrected chi connectivity index (χ3v) is 4.44. The molecule has 0 aliphatic carbocycles. The van der Waals surface area contributed by atoms with Gasteiger partial charge in [-0.05, 0) is 49.2 Å². The van der Waals surface area contributed by atoms with Gasteiger partial charge in [0.25, 0.3) is 5.91 Å². The third kappa shape index (κ3) is 3.15. The van der Waals surface area contributed by atoms with Crippen LogP contribution in [0.25, 0.3) is 16.9 Å². The summed E-state index contributed by atoms with van der Waals surface area (Å²) >= 11 is 0. The molecule has 26 heavy (non-hydrogen) atoms. The van der Waals surface area contributed by atoms with E-state index in [0.717, 1.165) is 12.0 Å². The van der Waals surface area contributed by atoms with Gasteiger partial charge in [-0.15, -0.1) is 0 Å². The number of halogens is 1. The summed E-state index contributed by atoms with van der Waals surface area (Å²) < 4.78 is 14.8. The third-order valence-electron chi connectivity index (χ3n) is 4.44. The summed E-state index contributed by atoms with van der Waals surface area (Å²) in [7, 11) is 0. The van der Waals surface area contributed by atoms with Crippen molar-refractivity contribution in [1.29, 1.82) is 0 Å². The van der Waals surface area contributed by atoms with Crippen LogP contribution in [0.15, 0.2) is 48.8 Å². The van der Waals surface area contributed by atoms with Crippen molar-refractivity contribution in [3.05, 3.63) is 60.2 Å². The Kier molecular flexibility index (Phi) is 4.12. The number of hydrogen-bond donors (Lipinski definition) is 2. The summed E-state index contributed by atoms with van der Waals surface area (Å²) in [5.74, 6) is -0.749. The number of nitrogens with zero attached hydrogens (tertiary/aromatic N) is 2. The fourth-order valence-corrected chi connectivity index (χ4v) is 3.04. The second-order valence-electron chi connectivity index (χ2n) is 6.28.